The summed E-state index contributed by atoms with van der Waals surface area (Å²) in [6.45, 7) is 12.0. The van der Waals surface area contributed by atoms with E-state index in [4.69, 9.17) is 0 Å². The lowest BCUT2D eigenvalue weighted by molar-refractivity contribution is -0.146. The highest BCUT2D eigenvalue weighted by Gasteiger charge is 2.36. The monoisotopic (exact) mass is 227 g/mol. The molecule has 1 heterocycles. The van der Waals surface area contributed by atoms with Crippen molar-refractivity contribution >= 4 is 5.91 Å². The molecule has 94 valence electrons. The first kappa shape index (κ1) is 13.5. The summed E-state index contributed by atoms with van der Waals surface area (Å²) in [6, 6.07) is 0.0151. The number of piperazine rings is 1. The Morgan fingerprint density at radius 3 is 2.50 bits per heavy atom. The number of nitrogens with zero attached hydrogens (tertiary/aromatic N) is 2. The summed E-state index contributed by atoms with van der Waals surface area (Å²) in [5.41, 5.74) is -0.0551. The zero-order chi connectivity index (χ0) is 12.3. The van der Waals surface area contributed by atoms with Crippen LogP contribution >= 0.6 is 0 Å². The van der Waals surface area contributed by atoms with Crippen molar-refractivity contribution in [3.63, 3.8) is 0 Å². The summed E-state index contributed by atoms with van der Waals surface area (Å²) >= 11 is 0. The van der Waals surface area contributed by atoms with Crippen LogP contribution in [0.15, 0.2) is 0 Å². The highest BCUT2D eigenvalue weighted by Crippen LogP contribution is 2.20. The fourth-order valence-corrected chi connectivity index (χ4v) is 2.14. The van der Waals surface area contributed by atoms with Crippen molar-refractivity contribution in [3.8, 4) is 0 Å². The van der Waals surface area contributed by atoms with Crippen molar-refractivity contribution in [2.75, 3.05) is 33.2 Å². The van der Waals surface area contributed by atoms with Gasteiger partial charge in [-0.15, -0.1) is 0 Å². The van der Waals surface area contributed by atoms with Crippen LogP contribution in [0.3, 0.4) is 0 Å². The van der Waals surface area contributed by atoms with Gasteiger partial charge in [-0.05, 0) is 34.7 Å². The van der Waals surface area contributed by atoms with Crippen molar-refractivity contribution in [2.45, 2.75) is 39.3 Å². The second kappa shape index (κ2) is 5.15. The largest absolute Gasteiger partial charge is 0.335 e. The predicted molar refractivity (Wildman–Crippen MR) is 66.4 cm³/mol. The summed E-state index contributed by atoms with van der Waals surface area (Å²) in [5.74, 6) is 0.259. The average molecular weight is 227 g/mol. The first-order valence-corrected chi connectivity index (χ1v) is 6.08. The van der Waals surface area contributed by atoms with Gasteiger partial charge < -0.3 is 10.2 Å². The first-order chi connectivity index (χ1) is 7.38. The van der Waals surface area contributed by atoms with E-state index in [9.17, 15) is 4.79 Å². The zero-order valence-corrected chi connectivity index (χ0v) is 11.2. The van der Waals surface area contributed by atoms with Crippen LogP contribution in [0.1, 0.15) is 27.7 Å². The van der Waals surface area contributed by atoms with Gasteiger partial charge in [0.15, 0.2) is 0 Å². The highest BCUT2D eigenvalue weighted by atomic mass is 16.2. The van der Waals surface area contributed by atoms with E-state index in [0.717, 1.165) is 26.2 Å². The van der Waals surface area contributed by atoms with Crippen LogP contribution in [0.2, 0.25) is 0 Å². The normalized spacial score (nSPS) is 23.9. The molecule has 0 aromatic rings. The zero-order valence-electron chi connectivity index (χ0n) is 11.2. The lowest BCUT2D eigenvalue weighted by Crippen LogP contribution is -2.61. The summed E-state index contributed by atoms with van der Waals surface area (Å²) in [4.78, 5) is 16.5. The maximum Gasteiger partial charge on any atom is 0.240 e. The van der Waals surface area contributed by atoms with Crippen LogP contribution in [-0.4, -0.2) is 60.5 Å². The van der Waals surface area contributed by atoms with Crippen molar-refractivity contribution in [3.05, 3.63) is 0 Å². The van der Waals surface area contributed by atoms with Gasteiger partial charge >= 0.3 is 0 Å². The molecule has 0 saturated carbocycles. The van der Waals surface area contributed by atoms with Gasteiger partial charge in [0.05, 0.1) is 6.04 Å². The smallest absolute Gasteiger partial charge is 0.240 e. The molecule has 1 saturated heterocycles. The van der Waals surface area contributed by atoms with Crippen LogP contribution in [0.25, 0.3) is 0 Å². The summed E-state index contributed by atoms with van der Waals surface area (Å²) in [6.07, 6.45) is 0. The van der Waals surface area contributed by atoms with E-state index in [1.165, 1.54) is 0 Å². The Kier molecular flexibility index (Phi) is 4.33. The molecule has 0 aromatic carbocycles. The van der Waals surface area contributed by atoms with Crippen LogP contribution in [-0.2, 0) is 4.79 Å². The molecule has 1 aliphatic heterocycles. The minimum atomic E-state index is -0.0551. The van der Waals surface area contributed by atoms with Crippen molar-refractivity contribution in [1.29, 1.82) is 0 Å². The van der Waals surface area contributed by atoms with Crippen LogP contribution in [0, 0.1) is 0 Å². The molecule has 4 nitrogen and oxygen atoms in total. The number of hydrogen-bond acceptors (Lipinski definition) is 3. The van der Waals surface area contributed by atoms with E-state index < -0.39 is 0 Å². The van der Waals surface area contributed by atoms with E-state index in [-0.39, 0.29) is 17.5 Å². The molecule has 1 unspecified atom stereocenters. The van der Waals surface area contributed by atoms with Gasteiger partial charge in [-0.1, -0.05) is 0 Å². The Balaban J connectivity index is 2.62. The molecule has 1 aliphatic rings. The second-order valence-corrected chi connectivity index (χ2v) is 5.48. The second-order valence-electron chi connectivity index (χ2n) is 5.48. The van der Waals surface area contributed by atoms with E-state index in [1.807, 2.05) is 18.9 Å². The third kappa shape index (κ3) is 2.95. The fourth-order valence-electron chi connectivity index (χ4n) is 2.14. The quantitative estimate of drug-likeness (QED) is 0.764. The third-order valence-electron chi connectivity index (χ3n) is 3.24. The molecule has 0 aromatic heterocycles. The van der Waals surface area contributed by atoms with Crippen molar-refractivity contribution in [1.82, 2.24) is 15.1 Å². The number of nitrogens with one attached hydrogen (secondary N) is 1. The van der Waals surface area contributed by atoms with Gasteiger partial charge in [0.2, 0.25) is 5.91 Å². The number of carbonyl (C=O) groups excluding carboxylic acids is 1. The van der Waals surface area contributed by atoms with Gasteiger partial charge in [0.25, 0.3) is 0 Å². The van der Waals surface area contributed by atoms with E-state index in [0.29, 0.717) is 0 Å². The minimum Gasteiger partial charge on any atom is -0.335 e. The Bertz CT molecular complexity index is 247. The minimum absolute atomic E-state index is 0.0151. The van der Waals surface area contributed by atoms with Crippen LogP contribution in [0.5, 0.6) is 0 Å². The molecule has 4 heteroatoms. The molecule has 1 N–H and O–H groups in total. The number of hydrogen-bond donors (Lipinski definition) is 1. The van der Waals surface area contributed by atoms with E-state index in [1.54, 1.807) is 0 Å². The Morgan fingerprint density at radius 1 is 1.38 bits per heavy atom. The summed E-state index contributed by atoms with van der Waals surface area (Å²) in [7, 11) is 1.94. The molecular formula is C12H25N3O. The molecule has 0 spiro atoms. The average Bonchev–Trinajstić information content (AvgIpc) is 2.18. The molecule has 1 atom stereocenters. The van der Waals surface area contributed by atoms with Crippen molar-refractivity contribution < 1.29 is 4.79 Å². The van der Waals surface area contributed by atoms with E-state index in [2.05, 4.69) is 31.0 Å². The van der Waals surface area contributed by atoms with Crippen LogP contribution in [0.4, 0.5) is 0 Å². The number of rotatable bonds is 3. The number of carbonyl (C=O) groups is 1. The standard InChI is InChI=1S/C12H25N3O/c1-10-11(16)15(12(2,3)4)9-8-14(10)7-6-13-5/h10,13H,6-9H2,1-5H3. The lowest BCUT2D eigenvalue weighted by Gasteiger charge is -2.45. The van der Waals surface area contributed by atoms with Gasteiger partial charge in [-0.2, -0.15) is 0 Å². The Hall–Kier alpha value is -0.610. The Labute approximate surface area is 99.0 Å². The lowest BCUT2D eigenvalue weighted by atomic mass is 10.0. The molecule has 1 amide bonds. The maximum absolute atomic E-state index is 12.2. The SMILES string of the molecule is CNCCN1CCN(C(C)(C)C)C(=O)C1C. The highest BCUT2D eigenvalue weighted by molar-refractivity contribution is 5.82. The Morgan fingerprint density at radius 2 is 2.00 bits per heavy atom. The fraction of sp³-hybridized carbons (Fsp3) is 0.917. The van der Waals surface area contributed by atoms with Crippen LogP contribution < -0.4 is 5.32 Å². The van der Waals surface area contributed by atoms with Gasteiger partial charge in [0, 0.05) is 31.7 Å². The molecule has 1 rings (SSSR count). The molecule has 1 fully saturated rings. The molecule has 0 radical (unpaired) electrons. The maximum atomic E-state index is 12.2. The number of amides is 1. The molecule has 0 bridgehead atoms. The van der Waals surface area contributed by atoms with Gasteiger partial charge in [-0.25, -0.2) is 0 Å². The molecule has 16 heavy (non-hydrogen) atoms. The van der Waals surface area contributed by atoms with Crippen molar-refractivity contribution in [2.24, 2.45) is 0 Å². The first-order valence-electron chi connectivity index (χ1n) is 6.08. The topological polar surface area (TPSA) is 35.6 Å². The number of likely N-dealkylation sites (N-methyl/N-ethyl adjacent to an activating group) is 1. The van der Waals surface area contributed by atoms with E-state index >= 15 is 0 Å². The molecule has 0 aliphatic carbocycles. The summed E-state index contributed by atoms with van der Waals surface area (Å²) < 4.78 is 0. The molecular weight excluding hydrogens is 202 g/mol. The third-order valence-corrected chi connectivity index (χ3v) is 3.24. The van der Waals surface area contributed by atoms with Gasteiger partial charge in [-0.3, -0.25) is 9.69 Å². The predicted octanol–water partition coefficient (Wildman–Crippen LogP) is 0.537. The van der Waals surface area contributed by atoms with Gasteiger partial charge in [0.1, 0.15) is 0 Å². The summed E-state index contributed by atoms with van der Waals surface area (Å²) in [5, 5.41) is 3.13.